The molecule has 0 aliphatic heterocycles. The summed E-state index contributed by atoms with van der Waals surface area (Å²) in [7, 11) is 1.71. The van der Waals surface area contributed by atoms with Crippen LogP contribution < -0.4 is 5.32 Å². The molecular weight excluding hydrogens is 256 g/mol. The molecule has 5 nitrogen and oxygen atoms in total. The lowest BCUT2D eigenvalue weighted by atomic mass is 10.1. The summed E-state index contributed by atoms with van der Waals surface area (Å²) in [6.45, 7) is 4.44. The molecule has 0 unspecified atom stereocenters. The van der Waals surface area contributed by atoms with Crippen molar-refractivity contribution in [2.45, 2.75) is 20.3 Å². The third kappa shape index (κ3) is 5.84. The average Bonchev–Trinajstić information content (AvgIpc) is 2.39. The Kier molecular flexibility index (Phi) is 6.73. The van der Waals surface area contributed by atoms with E-state index >= 15 is 0 Å². The van der Waals surface area contributed by atoms with Crippen LogP contribution in [0.4, 0.5) is 5.69 Å². The smallest absolute Gasteiger partial charge is 0.320 e. The van der Waals surface area contributed by atoms with Crippen molar-refractivity contribution >= 4 is 17.6 Å². The highest BCUT2D eigenvalue weighted by Gasteiger charge is 2.11. The molecular formula is C15H22N2O3. The van der Waals surface area contributed by atoms with Crippen LogP contribution in [0.2, 0.25) is 0 Å². The fourth-order valence-corrected chi connectivity index (χ4v) is 1.75. The number of hydrogen-bond donors (Lipinski definition) is 1. The van der Waals surface area contributed by atoms with Gasteiger partial charge in [-0.15, -0.1) is 0 Å². The van der Waals surface area contributed by atoms with Crippen LogP contribution in [0.25, 0.3) is 0 Å². The van der Waals surface area contributed by atoms with Gasteiger partial charge in [0.2, 0.25) is 5.91 Å². The molecule has 0 aliphatic carbocycles. The molecule has 0 fully saturated rings. The SMILES string of the molecule is CCOC(=O)CN(C)CC(=O)Nc1ccc(CC)cc1. The lowest BCUT2D eigenvalue weighted by molar-refractivity contribution is -0.144. The summed E-state index contributed by atoms with van der Waals surface area (Å²) in [4.78, 5) is 24.7. The van der Waals surface area contributed by atoms with Crippen LogP contribution in [0, 0.1) is 0 Å². The molecule has 1 aromatic rings. The molecule has 0 saturated heterocycles. The molecule has 5 heteroatoms. The van der Waals surface area contributed by atoms with Crippen LogP contribution in [0.5, 0.6) is 0 Å². The Bertz CT molecular complexity index is 443. The minimum Gasteiger partial charge on any atom is -0.465 e. The first kappa shape index (κ1) is 16.2. The number of amides is 1. The first-order chi connectivity index (χ1) is 9.55. The predicted molar refractivity (Wildman–Crippen MR) is 78.6 cm³/mol. The quantitative estimate of drug-likeness (QED) is 0.771. The van der Waals surface area contributed by atoms with Crippen LogP contribution in [0.1, 0.15) is 19.4 Å². The summed E-state index contributed by atoms with van der Waals surface area (Å²) >= 11 is 0. The van der Waals surface area contributed by atoms with Crippen molar-refractivity contribution in [2.24, 2.45) is 0 Å². The molecule has 0 saturated carbocycles. The summed E-state index contributed by atoms with van der Waals surface area (Å²) in [5.74, 6) is -0.476. The number of benzene rings is 1. The van der Waals surface area contributed by atoms with Crippen molar-refractivity contribution in [2.75, 3.05) is 32.1 Å². The second kappa shape index (κ2) is 8.32. The topological polar surface area (TPSA) is 58.6 Å². The maximum Gasteiger partial charge on any atom is 0.320 e. The molecule has 0 atom stereocenters. The molecule has 1 N–H and O–H groups in total. The Morgan fingerprint density at radius 3 is 2.35 bits per heavy atom. The molecule has 0 spiro atoms. The molecule has 0 heterocycles. The Morgan fingerprint density at radius 2 is 1.80 bits per heavy atom. The Balaban J connectivity index is 2.40. The molecule has 1 aromatic carbocycles. The minimum atomic E-state index is -0.324. The predicted octanol–water partition coefficient (Wildman–Crippen LogP) is 1.68. The van der Waals surface area contributed by atoms with E-state index in [1.165, 1.54) is 5.56 Å². The maximum atomic E-state index is 11.8. The number of hydrogen-bond acceptors (Lipinski definition) is 4. The number of likely N-dealkylation sites (N-methyl/N-ethyl adjacent to an activating group) is 1. The van der Waals surface area contributed by atoms with E-state index in [0.29, 0.717) is 6.61 Å². The van der Waals surface area contributed by atoms with E-state index in [2.05, 4.69) is 12.2 Å². The normalized spacial score (nSPS) is 10.4. The molecule has 110 valence electrons. The number of nitrogens with zero attached hydrogens (tertiary/aromatic N) is 1. The van der Waals surface area contributed by atoms with Gasteiger partial charge in [0.05, 0.1) is 19.7 Å². The number of nitrogens with one attached hydrogen (secondary N) is 1. The number of carbonyl (C=O) groups is 2. The number of carbonyl (C=O) groups excluding carboxylic acids is 2. The zero-order valence-corrected chi connectivity index (χ0v) is 12.3. The van der Waals surface area contributed by atoms with E-state index in [9.17, 15) is 9.59 Å². The van der Waals surface area contributed by atoms with Crippen LogP contribution >= 0.6 is 0 Å². The summed E-state index contributed by atoms with van der Waals surface area (Å²) in [5.41, 5.74) is 1.99. The molecule has 0 radical (unpaired) electrons. The summed E-state index contributed by atoms with van der Waals surface area (Å²) in [6, 6.07) is 7.72. The van der Waals surface area contributed by atoms with Gasteiger partial charge in [-0.3, -0.25) is 14.5 Å². The van der Waals surface area contributed by atoms with Gasteiger partial charge >= 0.3 is 5.97 Å². The second-order valence-electron chi connectivity index (χ2n) is 4.58. The Hall–Kier alpha value is -1.88. The lowest BCUT2D eigenvalue weighted by Crippen LogP contribution is -2.34. The first-order valence-electron chi connectivity index (χ1n) is 6.78. The molecule has 20 heavy (non-hydrogen) atoms. The van der Waals surface area contributed by atoms with E-state index in [1.54, 1.807) is 18.9 Å². The standard InChI is InChI=1S/C15H22N2O3/c1-4-12-6-8-13(9-7-12)16-14(18)10-17(3)11-15(19)20-5-2/h6-9H,4-5,10-11H2,1-3H3,(H,16,18). The second-order valence-corrected chi connectivity index (χ2v) is 4.58. The fraction of sp³-hybridized carbons (Fsp3) is 0.467. The average molecular weight is 278 g/mol. The van der Waals surface area contributed by atoms with Crippen molar-refractivity contribution < 1.29 is 14.3 Å². The third-order valence-corrected chi connectivity index (χ3v) is 2.76. The number of ether oxygens (including phenoxy) is 1. The van der Waals surface area contributed by atoms with E-state index in [1.807, 2.05) is 24.3 Å². The lowest BCUT2D eigenvalue weighted by Gasteiger charge is -2.15. The van der Waals surface area contributed by atoms with Crippen LogP contribution in [0.3, 0.4) is 0 Å². The monoisotopic (exact) mass is 278 g/mol. The van der Waals surface area contributed by atoms with Gasteiger partial charge in [0.25, 0.3) is 0 Å². The van der Waals surface area contributed by atoms with Gasteiger partial charge in [0, 0.05) is 5.69 Å². The van der Waals surface area contributed by atoms with Gasteiger partial charge in [-0.05, 0) is 38.1 Å². The highest BCUT2D eigenvalue weighted by atomic mass is 16.5. The van der Waals surface area contributed by atoms with Gasteiger partial charge in [0.1, 0.15) is 0 Å². The number of rotatable bonds is 7. The number of aryl methyl sites for hydroxylation is 1. The van der Waals surface area contributed by atoms with Gasteiger partial charge in [-0.25, -0.2) is 0 Å². The van der Waals surface area contributed by atoms with Crippen molar-refractivity contribution in [1.29, 1.82) is 0 Å². The van der Waals surface area contributed by atoms with Crippen LogP contribution in [-0.4, -0.2) is 43.5 Å². The van der Waals surface area contributed by atoms with E-state index < -0.39 is 0 Å². The Morgan fingerprint density at radius 1 is 1.15 bits per heavy atom. The van der Waals surface area contributed by atoms with Crippen LogP contribution in [0.15, 0.2) is 24.3 Å². The largest absolute Gasteiger partial charge is 0.465 e. The Labute approximate surface area is 119 Å². The van der Waals surface area contributed by atoms with Crippen molar-refractivity contribution in [3.63, 3.8) is 0 Å². The number of anilines is 1. The summed E-state index contributed by atoms with van der Waals surface area (Å²) < 4.78 is 4.83. The zero-order valence-electron chi connectivity index (χ0n) is 12.3. The van der Waals surface area contributed by atoms with Gasteiger partial charge in [-0.1, -0.05) is 19.1 Å². The molecule has 0 aromatic heterocycles. The molecule has 1 amide bonds. The molecule has 1 rings (SSSR count). The van der Waals surface area contributed by atoms with E-state index in [4.69, 9.17) is 4.74 Å². The molecule has 0 bridgehead atoms. The highest BCUT2D eigenvalue weighted by molar-refractivity contribution is 5.92. The van der Waals surface area contributed by atoms with Crippen molar-refractivity contribution in [3.8, 4) is 0 Å². The number of esters is 1. The summed E-state index contributed by atoms with van der Waals surface area (Å²) in [5, 5.41) is 2.80. The van der Waals surface area contributed by atoms with Gasteiger partial charge in [0.15, 0.2) is 0 Å². The van der Waals surface area contributed by atoms with Crippen molar-refractivity contribution in [1.82, 2.24) is 4.90 Å². The first-order valence-corrected chi connectivity index (χ1v) is 6.78. The van der Waals surface area contributed by atoms with Gasteiger partial charge < -0.3 is 10.1 Å². The molecule has 0 aliphatic rings. The third-order valence-electron chi connectivity index (χ3n) is 2.76. The van der Waals surface area contributed by atoms with Crippen molar-refractivity contribution in [3.05, 3.63) is 29.8 Å². The maximum absolute atomic E-state index is 11.8. The highest BCUT2D eigenvalue weighted by Crippen LogP contribution is 2.09. The summed E-state index contributed by atoms with van der Waals surface area (Å²) in [6.07, 6.45) is 0.969. The van der Waals surface area contributed by atoms with E-state index in [-0.39, 0.29) is 25.0 Å². The van der Waals surface area contributed by atoms with Crippen LogP contribution in [-0.2, 0) is 20.7 Å². The van der Waals surface area contributed by atoms with E-state index in [0.717, 1.165) is 12.1 Å². The van der Waals surface area contributed by atoms with Gasteiger partial charge in [-0.2, -0.15) is 0 Å². The zero-order chi connectivity index (χ0) is 15.0. The minimum absolute atomic E-state index is 0.107. The fourth-order valence-electron chi connectivity index (χ4n) is 1.75.